The van der Waals surface area contributed by atoms with Gasteiger partial charge in [-0.1, -0.05) is 29.8 Å². The van der Waals surface area contributed by atoms with Crippen molar-refractivity contribution in [1.29, 1.82) is 0 Å². The van der Waals surface area contributed by atoms with E-state index in [2.05, 4.69) is 36.5 Å². The first-order chi connectivity index (χ1) is 8.58. The second kappa shape index (κ2) is 7.88. The molecule has 0 aromatic heterocycles. The summed E-state index contributed by atoms with van der Waals surface area (Å²) in [5.41, 5.74) is 2.60. The lowest BCUT2D eigenvalue weighted by atomic mass is 10.1. The molecule has 0 spiro atoms. The van der Waals surface area contributed by atoms with Gasteiger partial charge in [-0.25, -0.2) is 0 Å². The normalized spacial score (nSPS) is 12.2. The first-order valence-corrected chi connectivity index (χ1v) is 6.58. The number of unbranched alkanes of at least 4 members (excludes halogenated alkanes) is 1. The lowest BCUT2D eigenvalue weighted by Gasteiger charge is -2.07. The molecule has 1 atom stereocenters. The molecule has 0 bridgehead atoms. The molecular weight excluding hydrogens is 226 g/mol. The molecular formula is C15H23NO2. The minimum Gasteiger partial charge on any atom is -0.392 e. The number of aliphatic hydroxyl groups excluding tert-OH is 1. The van der Waals surface area contributed by atoms with E-state index in [0.717, 1.165) is 19.3 Å². The third-order valence-electron chi connectivity index (χ3n) is 2.83. The van der Waals surface area contributed by atoms with E-state index in [1.54, 1.807) is 6.92 Å². The molecule has 1 amide bonds. The second-order valence-electron chi connectivity index (χ2n) is 4.85. The Balaban J connectivity index is 2.11. The Bertz CT molecular complexity index is 357. The Morgan fingerprint density at radius 2 is 1.94 bits per heavy atom. The minimum atomic E-state index is -0.471. The SMILES string of the molecule is Cc1ccc(CCCCC(=O)NCC(C)O)cc1. The smallest absolute Gasteiger partial charge is 0.220 e. The average Bonchev–Trinajstić information content (AvgIpc) is 2.34. The number of aryl methyl sites for hydroxylation is 2. The highest BCUT2D eigenvalue weighted by Gasteiger charge is 2.02. The lowest BCUT2D eigenvalue weighted by molar-refractivity contribution is -0.121. The van der Waals surface area contributed by atoms with Gasteiger partial charge in [0.2, 0.25) is 5.91 Å². The number of aliphatic hydroxyl groups is 1. The Hall–Kier alpha value is -1.35. The van der Waals surface area contributed by atoms with Crippen molar-refractivity contribution in [3.05, 3.63) is 35.4 Å². The molecule has 100 valence electrons. The van der Waals surface area contributed by atoms with Gasteiger partial charge in [0.05, 0.1) is 6.10 Å². The number of hydrogen-bond acceptors (Lipinski definition) is 2. The first-order valence-electron chi connectivity index (χ1n) is 6.58. The maximum atomic E-state index is 11.4. The van der Waals surface area contributed by atoms with Crippen molar-refractivity contribution in [3.63, 3.8) is 0 Å². The predicted octanol–water partition coefficient (Wildman–Crippen LogP) is 2.20. The highest BCUT2D eigenvalue weighted by molar-refractivity contribution is 5.75. The molecule has 0 fully saturated rings. The fraction of sp³-hybridized carbons (Fsp3) is 0.533. The first kappa shape index (κ1) is 14.7. The molecule has 3 heteroatoms. The van der Waals surface area contributed by atoms with Crippen molar-refractivity contribution >= 4 is 5.91 Å². The summed E-state index contributed by atoms with van der Waals surface area (Å²) in [6.45, 7) is 4.09. The molecule has 0 saturated carbocycles. The van der Waals surface area contributed by atoms with Crippen molar-refractivity contribution in [2.24, 2.45) is 0 Å². The van der Waals surface area contributed by atoms with Gasteiger partial charge in [-0.15, -0.1) is 0 Å². The van der Waals surface area contributed by atoms with Gasteiger partial charge in [0.25, 0.3) is 0 Å². The standard InChI is InChI=1S/C15H23NO2/c1-12-7-9-14(10-8-12)5-3-4-6-15(18)16-11-13(2)17/h7-10,13,17H,3-6,11H2,1-2H3,(H,16,18). The maximum absolute atomic E-state index is 11.4. The van der Waals surface area contributed by atoms with Crippen molar-refractivity contribution in [3.8, 4) is 0 Å². The van der Waals surface area contributed by atoms with Gasteiger partial charge in [-0.3, -0.25) is 4.79 Å². The monoisotopic (exact) mass is 249 g/mol. The van der Waals surface area contributed by atoms with Crippen LogP contribution in [-0.2, 0) is 11.2 Å². The van der Waals surface area contributed by atoms with Crippen molar-refractivity contribution in [1.82, 2.24) is 5.32 Å². The maximum Gasteiger partial charge on any atom is 0.220 e. The zero-order valence-corrected chi connectivity index (χ0v) is 11.3. The van der Waals surface area contributed by atoms with Gasteiger partial charge < -0.3 is 10.4 Å². The van der Waals surface area contributed by atoms with Gasteiger partial charge in [-0.2, -0.15) is 0 Å². The topological polar surface area (TPSA) is 49.3 Å². The Labute approximate surface area is 109 Å². The fourth-order valence-electron chi connectivity index (χ4n) is 1.72. The molecule has 1 unspecified atom stereocenters. The quantitative estimate of drug-likeness (QED) is 0.728. The molecule has 0 radical (unpaired) electrons. The zero-order chi connectivity index (χ0) is 13.4. The van der Waals surface area contributed by atoms with Crippen LogP contribution in [0, 0.1) is 6.92 Å². The number of hydrogen-bond donors (Lipinski definition) is 2. The summed E-state index contributed by atoms with van der Waals surface area (Å²) >= 11 is 0. The Morgan fingerprint density at radius 1 is 1.28 bits per heavy atom. The summed E-state index contributed by atoms with van der Waals surface area (Å²) in [6, 6.07) is 8.51. The van der Waals surface area contributed by atoms with Crippen LogP contribution in [0.15, 0.2) is 24.3 Å². The summed E-state index contributed by atoms with van der Waals surface area (Å²) in [7, 11) is 0. The number of carbonyl (C=O) groups is 1. The molecule has 0 heterocycles. The van der Waals surface area contributed by atoms with Crippen molar-refractivity contribution < 1.29 is 9.90 Å². The Morgan fingerprint density at radius 3 is 2.56 bits per heavy atom. The molecule has 0 aliphatic carbocycles. The molecule has 0 aliphatic rings. The van der Waals surface area contributed by atoms with Crippen LogP contribution in [0.25, 0.3) is 0 Å². The lowest BCUT2D eigenvalue weighted by Crippen LogP contribution is -2.30. The number of amides is 1. The molecule has 2 N–H and O–H groups in total. The molecule has 1 aromatic rings. The van der Waals surface area contributed by atoms with Crippen LogP contribution in [0.4, 0.5) is 0 Å². The third-order valence-corrected chi connectivity index (χ3v) is 2.83. The molecule has 18 heavy (non-hydrogen) atoms. The van der Waals surface area contributed by atoms with Gasteiger partial charge in [-0.05, 0) is 38.7 Å². The van der Waals surface area contributed by atoms with Crippen LogP contribution in [0.3, 0.4) is 0 Å². The molecule has 0 saturated heterocycles. The predicted molar refractivity (Wildman–Crippen MR) is 73.4 cm³/mol. The zero-order valence-electron chi connectivity index (χ0n) is 11.3. The molecule has 0 aliphatic heterocycles. The second-order valence-corrected chi connectivity index (χ2v) is 4.85. The van der Waals surface area contributed by atoms with Crippen LogP contribution in [0.2, 0.25) is 0 Å². The average molecular weight is 249 g/mol. The van der Waals surface area contributed by atoms with Gasteiger partial charge in [0.1, 0.15) is 0 Å². The summed E-state index contributed by atoms with van der Waals surface area (Å²) in [6.07, 6.45) is 2.99. The van der Waals surface area contributed by atoms with Gasteiger partial charge in [0, 0.05) is 13.0 Å². The van der Waals surface area contributed by atoms with E-state index < -0.39 is 6.10 Å². The fourth-order valence-corrected chi connectivity index (χ4v) is 1.72. The van der Waals surface area contributed by atoms with Crippen molar-refractivity contribution in [2.45, 2.75) is 45.6 Å². The summed E-state index contributed by atoms with van der Waals surface area (Å²) in [5, 5.41) is 11.7. The Kier molecular flexibility index (Phi) is 6.44. The minimum absolute atomic E-state index is 0.0276. The largest absolute Gasteiger partial charge is 0.392 e. The number of benzene rings is 1. The van der Waals surface area contributed by atoms with Gasteiger partial charge in [0.15, 0.2) is 0 Å². The number of carbonyl (C=O) groups excluding carboxylic acids is 1. The van der Waals surface area contributed by atoms with Gasteiger partial charge >= 0.3 is 0 Å². The third kappa shape index (κ3) is 6.40. The molecule has 1 aromatic carbocycles. The number of nitrogens with one attached hydrogen (secondary N) is 1. The van der Waals surface area contributed by atoms with E-state index in [1.165, 1.54) is 11.1 Å². The highest BCUT2D eigenvalue weighted by atomic mass is 16.3. The van der Waals surface area contributed by atoms with Crippen LogP contribution in [0.1, 0.15) is 37.3 Å². The summed E-state index contributed by atoms with van der Waals surface area (Å²) in [4.78, 5) is 11.4. The van der Waals surface area contributed by atoms with E-state index in [4.69, 9.17) is 5.11 Å². The molecule has 3 nitrogen and oxygen atoms in total. The van der Waals surface area contributed by atoms with E-state index >= 15 is 0 Å². The van der Waals surface area contributed by atoms with Crippen molar-refractivity contribution in [2.75, 3.05) is 6.54 Å². The number of rotatable bonds is 7. The van der Waals surface area contributed by atoms with E-state index in [1.807, 2.05) is 0 Å². The van der Waals surface area contributed by atoms with E-state index in [9.17, 15) is 4.79 Å². The van der Waals surface area contributed by atoms with Crippen LogP contribution < -0.4 is 5.32 Å². The van der Waals surface area contributed by atoms with Crippen LogP contribution in [-0.4, -0.2) is 23.7 Å². The van der Waals surface area contributed by atoms with E-state index in [0.29, 0.717) is 13.0 Å². The van der Waals surface area contributed by atoms with Crippen LogP contribution in [0.5, 0.6) is 0 Å². The summed E-state index contributed by atoms with van der Waals surface area (Å²) in [5.74, 6) is 0.0276. The summed E-state index contributed by atoms with van der Waals surface area (Å²) < 4.78 is 0. The van der Waals surface area contributed by atoms with Crippen LogP contribution >= 0.6 is 0 Å². The molecule has 1 rings (SSSR count). The highest BCUT2D eigenvalue weighted by Crippen LogP contribution is 2.08. The van der Waals surface area contributed by atoms with E-state index in [-0.39, 0.29) is 5.91 Å².